The second kappa shape index (κ2) is 7.79. The monoisotopic (exact) mass is 408 g/mol. The average molecular weight is 408 g/mol. The topological polar surface area (TPSA) is 88.5 Å². The molecule has 5 rings (SSSR count). The van der Waals surface area contributed by atoms with Gasteiger partial charge in [-0.25, -0.2) is 4.39 Å². The number of aromatic nitrogens is 6. The molecule has 0 aliphatic carbocycles. The van der Waals surface area contributed by atoms with Crippen molar-refractivity contribution < 1.29 is 8.91 Å². The molecule has 1 aliphatic rings. The molecule has 0 unspecified atom stereocenters. The molecule has 30 heavy (non-hydrogen) atoms. The van der Waals surface area contributed by atoms with Crippen LogP contribution in [0.3, 0.4) is 0 Å². The summed E-state index contributed by atoms with van der Waals surface area (Å²) in [6, 6.07) is 10.2. The molecule has 154 valence electrons. The van der Waals surface area contributed by atoms with Crippen molar-refractivity contribution in [3.63, 3.8) is 0 Å². The zero-order valence-electron chi connectivity index (χ0n) is 16.6. The fraction of sp³-hybridized carbons (Fsp3) is 0.350. The number of aryl methyl sites for hydroxylation is 1. The highest BCUT2D eigenvalue weighted by molar-refractivity contribution is 5.59. The number of hydrogen-bond acceptors (Lipinski definition) is 8. The Labute approximate surface area is 172 Å². The number of halogens is 1. The SMILES string of the molecule is Cc1noc(CN2CCCN(c3ccc4nnc(-c5cccc(F)c5)n4n3)CC2)n1. The quantitative estimate of drug-likeness (QED) is 0.508. The number of benzene rings is 1. The molecule has 9 nitrogen and oxygen atoms in total. The van der Waals surface area contributed by atoms with Gasteiger partial charge in [0.15, 0.2) is 17.3 Å². The normalized spacial score (nSPS) is 15.6. The minimum atomic E-state index is -0.315. The molecule has 4 heterocycles. The Hall–Kier alpha value is -3.40. The van der Waals surface area contributed by atoms with Crippen molar-refractivity contribution in [2.45, 2.75) is 19.9 Å². The van der Waals surface area contributed by atoms with E-state index in [9.17, 15) is 4.39 Å². The molecular weight excluding hydrogens is 387 g/mol. The predicted molar refractivity (Wildman–Crippen MR) is 107 cm³/mol. The first kappa shape index (κ1) is 18.6. The molecule has 10 heteroatoms. The van der Waals surface area contributed by atoms with Crippen LogP contribution in [0.25, 0.3) is 17.0 Å². The number of hydrogen-bond donors (Lipinski definition) is 0. The van der Waals surface area contributed by atoms with Gasteiger partial charge < -0.3 is 9.42 Å². The molecule has 3 aromatic heterocycles. The summed E-state index contributed by atoms with van der Waals surface area (Å²) in [5.74, 6) is 2.35. The van der Waals surface area contributed by atoms with Crippen LogP contribution >= 0.6 is 0 Å². The Morgan fingerprint density at radius 3 is 2.83 bits per heavy atom. The second-order valence-corrected chi connectivity index (χ2v) is 7.35. The average Bonchev–Trinajstić information content (AvgIpc) is 3.27. The molecule has 0 spiro atoms. The Kier molecular flexibility index (Phi) is 4.83. The second-order valence-electron chi connectivity index (χ2n) is 7.35. The van der Waals surface area contributed by atoms with Gasteiger partial charge in [0, 0.05) is 31.7 Å². The molecule has 1 aliphatic heterocycles. The minimum absolute atomic E-state index is 0.315. The molecule has 0 saturated carbocycles. The lowest BCUT2D eigenvalue weighted by atomic mass is 10.2. The molecule has 4 aromatic rings. The first-order chi connectivity index (χ1) is 14.7. The van der Waals surface area contributed by atoms with Crippen molar-refractivity contribution in [1.82, 2.24) is 34.9 Å². The molecule has 1 aromatic carbocycles. The highest BCUT2D eigenvalue weighted by Gasteiger charge is 2.19. The van der Waals surface area contributed by atoms with Crippen LogP contribution in [0.1, 0.15) is 18.1 Å². The van der Waals surface area contributed by atoms with Crippen molar-refractivity contribution in [2.24, 2.45) is 0 Å². The van der Waals surface area contributed by atoms with Crippen LogP contribution in [0, 0.1) is 12.7 Å². The van der Waals surface area contributed by atoms with Crippen molar-refractivity contribution in [3.8, 4) is 11.4 Å². The predicted octanol–water partition coefficient (Wildman–Crippen LogP) is 2.33. The molecule has 1 fully saturated rings. The maximum absolute atomic E-state index is 13.7. The lowest BCUT2D eigenvalue weighted by Gasteiger charge is -2.22. The van der Waals surface area contributed by atoms with Gasteiger partial charge in [0.05, 0.1) is 6.54 Å². The smallest absolute Gasteiger partial charge is 0.240 e. The van der Waals surface area contributed by atoms with Gasteiger partial charge >= 0.3 is 0 Å². The van der Waals surface area contributed by atoms with E-state index in [0.29, 0.717) is 35.3 Å². The molecular formula is C20H21FN8O. The van der Waals surface area contributed by atoms with Crippen molar-refractivity contribution in [3.05, 3.63) is 53.9 Å². The largest absolute Gasteiger partial charge is 0.354 e. The summed E-state index contributed by atoms with van der Waals surface area (Å²) in [6.45, 7) is 5.98. The summed E-state index contributed by atoms with van der Waals surface area (Å²) in [5, 5.41) is 17.0. The molecule has 0 bridgehead atoms. The van der Waals surface area contributed by atoms with Crippen molar-refractivity contribution >= 4 is 11.5 Å². The Morgan fingerprint density at radius 1 is 1.07 bits per heavy atom. The van der Waals surface area contributed by atoms with E-state index in [4.69, 9.17) is 9.62 Å². The van der Waals surface area contributed by atoms with Gasteiger partial charge in [0.2, 0.25) is 5.89 Å². The van der Waals surface area contributed by atoms with Gasteiger partial charge in [0.25, 0.3) is 0 Å². The number of anilines is 1. The van der Waals surface area contributed by atoms with Crippen LogP contribution in [0.4, 0.5) is 10.2 Å². The molecule has 0 radical (unpaired) electrons. The van der Waals surface area contributed by atoms with Gasteiger partial charge in [-0.15, -0.1) is 15.3 Å². The van der Waals surface area contributed by atoms with E-state index in [2.05, 4.69) is 30.1 Å². The summed E-state index contributed by atoms with van der Waals surface area (Å²) < 4.78 is 20.6. The Balaban J connectivity index is 1.36. The highest BCUT2D eigenvalue weighted by atomic mass is 19.1. The lowest BCUT2D eigenvalue weighted by Crippen LogP contribution is -2.31. The fourth-order valence-electron chi connectivity index (χ4n) is 3.71. The van der Waals surface area contributed by atoms with E-state index in [1.165, 1.54) is 12.1 Å². The third kappa shape index (κ3) is 3.73. The van der Waals surface area contributed by atoms with Gasteiger partial charge in [-0.3, -0.25) is 4.90 Å². The highest BCUT2D eigenvalue weighted by Crippen LogP contribution is 2.21. The molecule has 0 amide bonds. The van der Waals surface area contributed by atoms with Crippen LogP contribution in [0.2, 0.25) is 0 Å². The van der Waals surface area contributed by atoms with Crippen molar-refractivity contribution in [1.29, 1.82) is 0 Å². The molecule has 0 N–H and O–H groups in total. The zero-order chi connectivity index (χ0) is 20.5. The van der Waals surface area contributed by atoms with E-state index >= 15 is 0 Å². The third-order valence-corrected chi connectivity index (χ3v) is 5.17. The number of nitrogens with zero attached hydrogens (tertiary/aromatic N) is 8. The van der Waals surface area contributed by atoms with Gasteiger partial charge in [0.1, 0.15) is 11.6 Å². The van der Waals surface area contributed by atoms with E-state index in [0.717, 1.165) is 38.4 Å². The molecule has 1 saturated heterocycles. The zero-order valence-corrected chi connectivity index (χ0v) is 16.6. The summed E-state index contributed by atoms with van der Waals surface area (Å²) in [7, 11) is 0. The maximum Gasteiger partial charge on any atom is 0.240 e. The van der Waals surface area contributed by atoms with Crippen LogP contribution in [0.15, 0.2) is 40.9 Å². The molecule has 0 atom stereocenters. The third-order valence-electron chi connectivity index (χ3n) is 5.17. The van der Waals surface area contributed by atoms with Gasteiger partial charge in [-0.1, -0.05) is 17.3 Å². The standard InChI is InChI=1S/C20H21FN8O/c1-14-22-19(30-26-14)13-27-8-3-9-28(11-10-27)18-7-6-17-23-24-20(29(17)25-18)15-4-2-5-16(21)12-15/h2,4-7,12H,3,8-11,13H2,1H3. The summed E-state index contributed by atoms with van der Waals surface area (Å²) in [6.07, 6.45) is 0.992. The van der Waals surface area contributed by atoms with Crippen molar-refractivity contribution in [2.75, 3.05) is 31.1 Å². The summed E-state index contributed by atoms with van der Waals surface area (Å²) in [5.41, 5.74) is 1.27. The van der Waals surface area contributed by atoms with E-state index < -0.39 is 0 Å². The maximum atomic E-state index is 13.7. The minimum Gasteiger partial charge on any atom is -0.354 e. The van der Waals surface area contributed by atoms with Crippen LogP contribution < -0.4 is 4.90 Å². The summed E-state index contributed by atoms with van der Waals surface area (Å²) in [4.78, 5) is 8.85. The first-order valence-corrected chi connectivity index (χ1v) is 9.90. The van der Waals surface area contributed by atoms with Crippen LogP contribution in [-0.4, -0.2) is 61.0 Å². The Bertz CT molecular complexity index is 1170. The van der Waals surface area contributed by atoms with Crippen LogP contribution in [0.5, 0.6) is 0 Å². The lowest BCUT2D eigenvalue weighted by molar-refractivity contribution is 0.239. The first-order valence-electron chi connectivity index (χ1n) is 9.90. The Morgan fingerprint density at radius 2 is 2.00 bits per heavy atom. The van der Waals surface area contributed by atoms with E-state index in [1.807, 2.05) is 19.1 Å². The van der Waals surface area contributed by atoms with Crippen LogP contribution in [-0.2, 0) is 6.54 Å². The fourth-order valence-corrected chi connectivity index (χ4v) is 3.71. The van der Waals surface area contributed by atoms with Gasteiger partial charge in [-0.05, 0) is 37.6 Å². The van der Waals surface area contributed by atoms with Gasteiger partial charge in [-0.2, -0.15) is 9.50 Å². The number of fused-ring (bicyclic) bond motifs is 1. The number of rotatable bonds is 4. The summed E-state index contributed by atoms with van der Waals surface area (Å²) >= 11 is 0. The van der Waals surface area contributed by atoms with E-state index in [-0.39, 0.29) is 5.82 Å². The van der Waals surface area contributed by atoms with E-state index in [1.54, 1.807) is 16.6 Å².